The van der Waals surface area contributed by atoms with E-state index < -0.39 is 4.92 Å². The predicted octanol–water partition coefficient (Wildman–Crippen LogP) is 2.45. The van der Waals surface area contributed by atoms with Crippen LogP contribution < -0.4 is 10.6 Å². The van der Waals surface area contributed by atoms with Gasteiger partial charge < -0.3 is 15.5 Å². The quantitative estimate of drug-likeness (QED) is 0.633. The zero-order valence-corrected chi connectivity index (χ0v) is 14.6. The standard InChI is InChI=1S/C18H26N4O3/c1-21-16-3-2-4-17(21)12-14(11-16)20-18(23)19-10-9-13-5-7-15(8-6-13)22(24)25/h5-8,14,16-17H,2-4,9-12H2,1H3,(H2,19,20,23). The number of hydrogen-bond donors (Lipinski definition) is 2. The molecule has 25 heavy (non-hydrogen) atoms. The van der Waals surface area contributed by atoms with Crippen LogP contribution in [-0.2, 0) is 6.42 Å². The number of fused-ring (bicyclic) bond motifs is 2. The Labute approximate surface area is 147 Å². The third-order valence-corrected chi connectivity index (χ3v) is 5.52. The van der Waals surface area contributed by atoms with Crippen molar-refractivity contribution in [1.29, 1.82) is 0 Å². The van der Waals surface area contributed by atoms with Crippen molar-refractivity contribution < 1.29 is 9.72 Å². The second-order valence-electron chi connectivity index (χ2n) is 7.15. The molecule has 7 nitrogen and oxygen atoms in total. The molecule has 0 spiro atoms. The molecular formula is C18H26N4O3. The molecule has 2 bridgehead atoms. The number of nitrogens with one attached hydrogen (secondary N) is 2. The number of urea groups is 1. The lowest BCUT2D eigenvalue weighted by Gasteiger charge is -2.47. The van der Waals surface area contributed by atoms with Gasteiger partial charge in [-0.15, -0.1) is 0 Å². The summed E-state index contributed by atoms with van der Waals surface area (Å²) in [7, 11) is 2.20. The number of nitrogens with zero attached hydrogens (tertiary/aromatic N) is 2. The van der Waals surface area contributed by atoms with Gasteiger partial charge in [0.25, 0.3) is 5.69 Å². The number of amides is 2. The van der Waals surface area contributed by atoms with Crippen LogP contribution in [0.15, 0.2) is 24.3 Å². The van der Waals surface area contributed by atoms with E-state index in [2.05, 4.69) is 22.6 Å². The SMILES string of the molecule is CN1C2CCCC1CC(NC(=O)NCCc1ccc([N+](=O)[O-])cc1)C2. The number of hydrogen-bond acceptors (Lipinski definition) is 4. The number of non-ortho nitro benzene ring substituents is 1. The Bertz CT molecular complexity index is 605. The Hall–Kier alpha value is -2.15. The molecule has 2 aliphatic heterocycles. The molecule has 2 aliphatic rings. The molecule has 0 aromatic heterocycles. The van der Waals surface area contributed by atoms with Crippen LogP contribution in [0.3, 0.4) is 0 Å². The van der Waals surface area contributed by atoms with Crippen LogP contribution in [-0.4, -0.2) is 47.6 Å². The highest BCUT2D eigenvalue weighted by molar-refractivity contribution is 5.74. The van der Waals surface area contributed by atoms with Crippen LogP contribution in [0.25, 0.3) is 0 Å². The van der Waals surface area contributed by atoms with Crippen molar-refractivity contribution >= 4 is 11.7 Å². The van der Waals surface area contributed by atoms with Crippen LogP contribution in [0, 0.1) is 10.1 Å². The first-order chi connectivity index (χ1) is 12.0. The van der Waals surface area contributed by atoms with Gasteiger partial charge in [0, 0.05) is 36.8 Å². The molecule has 2 N–H and O–H groups in total. The van der Waals surface area contributed by atoms with E-state index in [-0.39, 0.29) is 17.8 Å². The molecule has 2 fully saturated rings. The molecule has 0 saturated carbocycles. The molecule has 2 unspecified atom stereocenters. The second-order valence-corrected chi connectivity index (χ2v) is 7.15. The minimum absolute atomic E-state index is 0.0854. The summed E-state index contributed by atoms with van der Waals surface area (Å²) in [6.07, 6.45) is 6.48. The molecule has 136 valence electrons. The van der Waals surface area contributed by atoms with Gasteiger partial charge in [-0.25, -0.2) is 4.79 Å². The topological polar surface area (TPSA) is 87.5 Å². The lowest BCUT2D eigenvalue weighted by molar-refractivity contribution is -0.384. The average molecular weight is 346 g/mol. The lowest BCUT2D eigenvalue weighted by Crippen LogP contribution is -2.56. The van der Waals surface area contributed by atoms with Crippen molar-refractivity contribution in [3.8, 4) is 0 Å². The van der Waals surface area contributed by atoms with Gasteiger partial charge in [0.1, 0.15) is 0 Å². The maximum atomic E-state index is 12.1. The van der Waals surface area contributed by atoms with E-state index in [0.29, 0.717) is 25.0 Å². The van der Waals surface area contributed by atoms with Crippen molar-refractivity contribution in [2.75, 3.05) is 13.6 Å². The zero-order valence-electron chi connectivity index (χ0n) is 14.6. The summed E-state index contributed by atoms with van der Waals surface area (Å²) >= 11 is 0. The number of carbonyl (C=O) groups excluding carboxylic acids is 1. The van der Waals surface area contributed by atoms with Crippen LogP contribution in [0.4, 0.5) is 10.5 Å². The van der Waals surface area contributed by atoms with Gasteiger partial charge in [0.05, 0.1) is 4.92 Å². The Kier molecular flexibility index (Phi) is 5.53. The fourth-order valence-electron chi connectivity index (χ4n) is 4.07. The van der Waals surface area contributed by atoms with Gasteiger partial charge in [0.15, 0.2) is 0 Å². The van der Waals surface area contributed by atoms with E-state index in [4.69, 9.17) is 0 Å². The number of benzene rings is 1. The van der Waals surface area contributed by atoms with Gasteiger partial charge in [-0.1, -0.05) is 18.6 Å². The number of carbonyl (C=O) groups is 1. The van der Waals surface area contributed by atoms with E-state index >= 15 is 0 Å². The summed E-state index contributed by atoms with van der Waals surface area (Å²) in [6, 6.07) is 7.78. The van der Waals surface area contributed by atoms with Crippen LogP contribution in [0.1, 0.15) is 37.7 Å². The molecule has 0 aliphatic carbocycles. The van der Waals surface area contributed by atoms with E-state index in [1.807, 2.05) is 0 Å². The largest absolute Gasteiger partial charge is 0.338 e. The minimum atomic E-state index is -0.410. The van der Waals surface area contributed by atoms with Crippen molar-refractivity contribution in [2.45, 2.75) is 56.7 Å². The van der Waals surface area contributed by atoms with Crippen molar-refractivity contribution in [3.63, 3.8) is 0 Å². The number of nitro benzene ring substituents is 1. The maximum absolute atomic E-state index is 12.1. The number of piperidine rings is 2. The summed E-state index contributed by atoms with van der Waals surface area (Å²) < 4.78 is 0. The maximum Gasteiger partial charge on any atom is 0.315 e. The van der Waals surface area contributed by atoms with Crippen molar-refractivity contribution in [1.82, 2.24) is 15.5 Å². The molecule has 1 aromatic carbocycles. The highest BCUT2D eigenvalue weighted by Crippen LogP contribution is 2.32. The first-order valence-electron chi connectivity index (χ1n) is 9.02. The molecule has 2 atom stereocenters. The third kappa shape index (κ3) is 4.48. The van der Waals surface area contributed by atoms with Crippen LogP contribution in [0.2, 0.25) is 0 Å². The predicted molar refractivity (Wildman–Crippen MR) is 95.5 cm³/mol. The third-order valence-electron chi connectivity index (χ3n) is 5.52. The first-order valence-corrected chi connectivity index (χ1v) is 9.02. The minimum Gasteiger partial charge on any atom is -0.338 e. The Morgan fingerprint density at radius 1 is 1.24 bits per heavy atom. The summed E-state index contributed by atoms with van der Waals surface area (Å²) in [4.78, 5) is 24.8. The highest BCUT2D eigenvalue weighted by Gasteiger charge is 2.36. The van der Waals surface area contributed by atoms with E-state index in [1.54, 1.807) is 12.1 Å². The summed E-state index contributed by atoms with van der Waals surface area (Å²) in [5, 5.41) is 16.6. The van der Waals surface area contributed by atoms with E-state index in [9.17, 15) is 14.9 Å². The molecule has 2 amide bonds. The fourth-order valence-corrected chi connectivity index (χ4v) is 4.07. The molecule has 2 saturated heterocycles. The van der Waals surface area contributed by atoms with Gasteiger partial charge >= 0.3 is 6.03 Å². The molecule has 0 radical (unpaired) electrons. The van der Waals surface area contributed by atoms with Gasteiger partial charge in [-0.2, -0.15) is 0 Å². The van der Waals surface area contributed by atoms with E-state index in [0.717, 1.165) is 18.4 Å². The number of nitro groups is 1. The smallest absolute Gasteiger partial charge is 0.315 e. The molecule has 2 heterocycles. The Morgan fingerprint density at radius 3 is 2.48 bits per heavy atom. The molecule has 3 rings (SSSR count). The molecule has 1 aromatic rings. The zero-order chi connectivity index (χ0) is 17.8. The van der Waals surface area contributed by atoms with Crippen LogP contribution in [0.5, 0.6) is 0 Å². The second kappa shape index (κ2) is 7.82. The van der Waals surface area contributed by atoms with Gasteiger partial charge in [0.2, 0.25) is 0 Å². The fraction of sp³-hybridized carbons (Fsp3) is 0.611. The highest BCUT2D eigenvalue weighted by atomic mass is 16.6. The Morgan fingerprint density at radius 2 is 1.88 bits per heavy atom. The van der Waals surface area contributed by atoms with Crippen molar-refractivity contribution in [3.05, 3.63) is 39.9 Å². The lowest BCUT2D eigenvalue weighted by atomic mass is 9.82. The normalized spacial score (nSPS) is 26.0. The summed E-state index contributed by atoms with van der Waals surface area (Å²) in [5.74, 6) is 0. The Balaban J connectivity index is 1.40. The monoisotopic (exact) mass is 346 g/mol. The molecule has 7 heteroatoms. The van der Waals surface area contributed by atoms with Crippen molar-refractivity contribution in [2.24, 2.45) is 0 Å². The van der Waals surface area contributed by atoms with E-state index in [1.165, 1.54) is 31.4 Å². The molecular weight excluding hydrogens is 320 g/mol. The van der Waals surface area contributed by atoms with Gasteiger partial charge in [-0.3, -0.25) is 10.1 Å². The first kappa shape index (κ1) is 17.7. The van der Waals surface area contributed by atoms with Crippen LogP contribution >= 0.6 is 0 Å². The summed E-state index contributed by atoms with van der Waals surface area (Å²) in [6.45, 7) is 0.517. The summed E-state index contributed by atoms with van der Waals surface area (Å²) in [5.41, 5.74) is 1.06. The number of rotatable bonds is 5. The average Bonchev–Trinajstić information content (AvgIpc) is 2.56. The van der Waals surface area contributed by atoms with Gasteiger partial charge in [-0.05, 0) is 44.7 Å².